The van der Waals surface area contributed by atoms with Crippen molar-refractivity contribution in [2.45, 2.75) is 77.3 Å². The number of hydrogen-bond donors (Lipinski definition) is 4. The third-order valence-electron chi connectivity index (χ3n) is 13.2. The van der Waals surface area contributed by atoms with Gasteiger partial charge in [0.05, 0.1) is 55.3 Å². The van der Waals surface area contributed by atoms with Crippen molar-refractivity contribution >= 4 is 91.4 Å². The summed E-state index contributed by atoms with van der Waals surface area (Å²) >= 11 is 5.88. The van der Waals surface area contributed by atoms with Gasteiger partial charge in [-0.3, -0.25) is 38.7 Å². The number of Topliss-reactive ketones (excluding diaryl/α,β-unsaturated/α-hetero) is 2. The van der Waals surface area contributed by atoms with Gasteiger partial charge in [0.1, 0.15) is 49.7 Å². The van der Waals surface area contributed by atoms with Crippen molar-refractivity contribution in [1.29, 1.82) is 0 Å². The zero-order chi connectivity index (χ0) is 55.0. The van der Waals surface area contributed by atoms with E-state index in [1.54, 1.807) is 82.8 Å². The number of nitrogens with one attached hydrogen (secondary N) is 4. The van der Waals surface area contributed by atoms with E-state index in [2.05, 4.69) is 41.2 Å². The van der Waals surface area contributed by atoms with Crippen LogP contribution in [-0.2, 0) is 45.4 Å². The van der Waals surface area contributed by atoms with Crippen LogP contribution in [0.4, 0.5) is 35.9 Å². The van der Waals surface area contributed by atoms with E-state index >= 15 is 0 Å². The molecule has 2 aliphatic heterocycles. The summed E-state index contributed by atoms with van der Waals surface area (Å²) in [5, 5.41) is 13.3. The van der Waals surface area contributed by atoms with Crippen molar-refractivity contribution < 1.29 is 41.9 Å². The molecule has 0 saturated carbocycles. The Kier molecular flexibility index (Phi) is 16.5. The first-order valence-corrected chi connectivity index (χ1v) is 25.2. The lowest BCUT2D eigenvalue weighted by Gasteiger charge is -2.24. The van der Waals surface area contributed by atoms with Crippen molar-refractivity contribution in [3.05, 3.63) is 168 Å². The van der Waals surface area contributed by atoms with Crippen molar-refractivity contribution in [1.82, 2.24) is 49.5 Å². The van der Waals surface area contributed by atoms with Crippen molar-refractivity contribution in [2.24, 2.45) is 0 Å². The summed E-state index contributed by atoms with van der Waals surface area (Å²) < 4.78 is 45.7. The van der Waals surface area contributed by atoms with Gasteiger partial charge in [-0.1, -0.05) is 17.7 Å². The molecule has 0 aliphatic carbocycles. The average Bonchev–Trinajstić information content (AvgIpc) is 4.40. The van der Waals surface area contributed by atoms with Gasteiger partial charge in [0.15, 0.2) is 11.6 Å². The summed E-state index contributed by atoms with van der Waals surface area (Å²) in [5.41, 5.74) is 6.25. The number of likely N-dealkylation sites (tertiary alicyclic amines) is 2. The summed E-state index contributed by atoms with van der Waals surface area (Å²) in [7, 11) is 0. The Morgan fingerprint density at radius 1 is 0.615 bits per heavy atom. The lowest BCUT2D eigenvalue weighted by Crippen LogP contribution is -2.46. The molecule has 22 heteroatoms. The third-order valence-corrected chi connectivity index (χ3v) is 13.5. The smallest absolute Gasteiger partial charge is 0.243 e. The van der Waals surface area contributed by atoms with Crippen LogP contribution in [0.5, 0.6) is 0 Å². The van der Waals surface area contributed by atoms with Gasteiger partial charge in [-0.15, -0.1) is 0 Å². The molecule has 2 saturated heterocycles. The highest BCUT2D eigenvalue weighted by atomic mass is 35.5. The van der Waals surface area contributed by atoms with E-state index in [0.717, 1.165) is 23.1 Å². The van der Waals surface area contributed by atoms with Crippen LogP contribution in [0.3, 0.4) is 0 Å². The molecule has 78 heavy (non-hydrogen) atoms. The number of carbonyl (C=O) groups is 6. The van der Waals surface area contributed by atoms with Gasteiger partial charge in [0, 0.05) is 93.5 Å². The summed E-state index contributed by atoms with van der Waals surface area (Å²) in [4.78, 5) is 96.0. The third kappa shape index (κ3) is 12.8. The van der Waals surface area contributed by atoms with Crippen molar-refractivity contribution in [3.8, 4) is 0 Å². The molecule has 4 N–H and O–H groups in total. The van der Waals surface area contributed by atoms with Gasteiger partial charge < -0.3 is 40.2 Å². The normalized spacial score (nSPS) is 16.8. The van der Waals surface area contributed by atoms with Crippen LogP contribution in [0.1, 0.15) is 58.7 Å². The molecule has 2 fully saturated rings. The summed E-state index contributed by atoms with van der Waals surface area (Å²) in [6.45, 7) is 2.36. The second kappa shape index (κ2) is 23.9. The van der Waals surface area contributed by atoms with E-state index in [4.69, 9.17) is 11.6 Å². The number of fused-ring (bicyclic) bond motifs is 2. The highest BCUT2D eigenvalue weighted by molar-refractivity contribution is 6.30. The van der Waals surface area contributed by atoms with E-state index in [1.165, 1.54) is 42.1 Å². The molecule has 2 aliphatic rings. The zero-order valence-corrected chi connectivity index (χ0v) is 43.0. The molecule has 7 heterocycles. The number of rotatable bonds is 16. The SMILES string of the molecule is CC(=O)c1cn(CC(=O)N2C[C@H](F)C[C@H]2C(=O)NCc2cc(F)cc(Cl)c2)c2ccc(Nc3cccnc3)cc12.CC(=O)c1cn(CC(=O)N2C[C@H](F)C[C@H]2C(=O)NCc2ccccn2)c2ccc(Nc3cncnc3)cc12. The number of benzene rings is 3. The average molecular weight is 1080 g/mol. The van der Waals surface area contributed by atoms with Crippen LogP contribution in [0.15, 0.2) is 135 Å². The highest BCUT2D eigenvalue weighted by Crippen LogP contribution is 2.31. The lowest BCUT2D eigenvalue weighted by atomic mass is 10.1. The van der Waals surface area contributed by atoms with Crippen molar-refractivity contribution in [3.63, 3.8) is 0 Å². The Hall–Kier alpha value is -8.98. The Labute approximate surface area is 450 Å². The molecule has 4 amide bonds. The fraction of sp³-hybridized carbons (Fsp3) is 0.250. The lowest BCUT2D eigenvalue weighted by molar-refractivity contribution is -0.139. The highest BCUT2D eigenvalue weighted by Gasteiger charge is 2.41. The van der Waals surface area contributed by atoms with E-state index < -0.39 is 53.9 Å². The van der Waals surface area contributed by atoms with Crippen LogP contribution in [-0.4, -0.2) is 112 Å². The first-order valence-electron chi connectivity index (χ1n) is 24.8. The van der Waals surface area contributed by atoms with Crippen LogP contribution >= 0.6 is 11.6 Å². The van der Waals surface area contributed by atoms with Gasteiger partial charge in [0.2, 0.25) is 23.6 Å². The molecule has 10 rings (SSSR count). The Bertz CT molecular complexity index is 3510. The molecular weight excluding hydrogens is 1030 g/mol. The minimum absolute atomic E-state index is 0.0224. The summed E-state index contributed by atoms with van der Waals surface area (Å²) in [5.74, 6) is -2.69. The maximum Gasteiger partial charge on any atom is 0.243 e. The first-order chi connectivity index (χ1) is 37.6. The molecule has 400 valence electrons. The predicted molar refractivity (Wildman–Crippen MR) is 286 cm³/mol. The number of hydrogen-bond acceptors (Lipinski definition) is 12. The largest absolute Gasteiger partial charge is 0.354 e. The molecule has 0 bridgehead atoms. The van der Waals surface area contributed by atoms with Crippen LogP contribution in [0.25, 0.3) is 21.8 Å². The Balaban J connectivity index is 0.000000190. The Morgan fingerprint density at radius 2 is 1.17 bits per heavy atom. The second-order valence-electron chi connectivity index (χ2n) is 18.9. The number of nitrogens with zero attached hydrogens (tertiary/aromatic N) is 8. The van der Waals surface area contributed by atoms with Gasteiger partial charge in [-0.25, -0.2) is 23.1 Å². The quantitative estimate of drug-likeness (QED) is 0.0676. The minimum Gasteiger partial charge on any atom is -0.354 e. The molecule has 18 nitrogen and oxygen atoms in total. The van der Waals surface area contributed by atoms with E-state index in [1.807, 2.05) is 36.4 Å². The fourth-order valence-corrected chi connectivity index (χ4v) is 9.86. The molecule has 3 aromatic carbocycles. The molecule has 0 unspecified atom stereocenters. The van der Waals surface area contributed by atoms with E-state index in [-0.39, 0.29) is 68.7 Å². The van der Waals surface area contributed by atoms with Gasteiger partial charge in [-0.05, 0) is 98.3 Å². The second-order valence-corrected chi connectivity index (χ2v) is 19.3. The van der Waals surface area contributed by atoms with Crippen LogP contribution in [0.2, 0.25) is 5.02 Å². The molecule has 0 radical (unpaired) electrons. The number of amides is 4. The molecule has 0 spiro atoms. The van der Waals surface area contributed by atoms with Crippen molar-refractivity contribution in [2.75, 3.05) is 23.7 Å². The number of halogens is 4. The number of aromatic nitrogens is 6. The molecule has 4 atom stereocenters. The monoisotopic (exact) mass is 1080 g/mol. The van der Waals surface area contributed by atoms with Gasteiger partial charge in [0.25, 0.3) is 0 Å². The summed E-state index contributed by atoms with van der Waals surface area (Å²) in [6, 6.07) is 21.9. The number of ketones is 2. The predicted octanol–water partition coefficient (Wildman–Crippen LogP) is 8.06. The maximum absolute atomic E-state index is 14.4. The standard InChI is InChI=1S/C29H26ClF2N5O3.C27H26FN7O3/c1-17(38)25-15-36(26-5-4-22(11-24(25)26)35-23-3-2-6-33-13-23)16-28(39)37-14-21(32)10-27(37)29(40)34-12-18-7-19(30)9-20(31)8-18;1-17(36)23-14-34(24-6-5-19(9-22(23)24)33-21-10-29-16-30-11-21)15-26(37)35-13-18(28)8-25(35)27(38)32-12-20-4-2-3-7-31-20/h2-9,11,13,15,21,27,35H,10,12,14,16H2,1H3,(H,34,40);2-7,9-11,14,16,18,25,33H,8,12-13,15H2,1H3,(H,32,38)/t21-,27+;18-,25+/m11/s1. The topological polar surface area (TPSA) is 218 Å². The zero-order valence-electron chi connectivity index (χ0n) is 42.2. The van der Waals surface area contributed by atoms with E-state index in [0.29, 0.717) is 49.9 Å². The number of alkyl halides is 2. The van der Waals surface area contributed by atoms with Gasteiger partial charge >= 0.3 is 0 Å². The van der Waals surface area contributed by atoms with E-state index in [9.17, 15) is 41.9 Å². The summed E-state index contributed by atoms with van der Waals surface area (Å²) in [6.07, 6.45) is 10.0. The molecule has 5 aromatic heterocycles. The number of anilines is 4. The van der Waals surface area contributed by atoms with Crippen LogP contribution in [0, 0.1) is 5.82 Å². The van der Waals surface area contributed by atoms with Crippen LogP contribution < -0.4 is 21.3 Å². The molecule has 8 aromatic rings. The fourth-order valence-electron chi connectivity index (χ4n) is 9.62. The maximum atomic E-state index is 14.4. The molecular formula is C56H52ClF3N12O6. The first kappa shape index (κ1) is 53.8. The van der Waals surface area contributed by atoms with Gasteiger partial charge in [-0.2, -0.15) is 0 Å². The minimum atomic E-state index is -1.36. The number of carbonyl (C=O) groups excluding carboxylic acids is 6. The number of pyridine rings is 2. The Morgan fingerprint density at radius 3 is 1.68 bits per heavy atom.